The van der Waals surface area contributed by atoms with Crippen molar-refractivity contribution in [1.29, 1.82) is 0 Å². The number of ether oxygens (including phenoxy) is 2. The van der Waals surface area contributed by atoms with Gasteiger partial charge in [0.25, 0.3) is 0 Å². The molecule has 0 amide bonds. The summed E-state index contributed by atoms with van der Waals surface area (Å²) in [5.41, 5.74) is 4.71. The van der Waals surface area contributed by atoms with E-state index in [1.807, 2.05) is 30.9 Å². The number of nitrogens with zero attached hydrogens (tertiary/aromatic N) is 2. The molecule has 3 aromatic rings. The normalized spacial score (nSPS) is 22.2. The van der Waals surface area contributed by atoms with Gasteiger partial charge in [0.1, 0.15) is 5.75 Å². The molecule has 0 N–H and O–H groups in total. The van der Waals surface area contributed by atoms with Crippen LogP contribution in [0, 0.1) is 0 Å². The van der Waals surface area contributed by atoms with E-state index in [1.165, 1.54) is 16.7 Å². The number of hydrogen-bond acceptors (Lipinski definition) is 3. The highest BCUT2D eigenvalue weighted by atomic mass is 16.5. The van der Waals surface area contributed by atoms with E-state index in [2.05, 4.69) is 78.0 Å². The van der Waals surface area contributed by atoms with Crippen molar-refractivity contribution in [2.24, 2.45) is 0 Å². The summed E-state index contributed by atoms with van der Waals surface area (Å²) in [5.74, 6) is 1.11. The van der Waals surface area contributed by atoms with Gasteiger partial charge in [0, 0.05) is 18.3 Å². The molecule has 30 heavy (non-hydrogen) atoms. The molecule has 5 rings (SSSR count). The number of hydrogen-bond donors (Lipinski definition) is 0. The summed E-state index contributed by atoms with van der Waals surface area (Å²) < 4.78 is 13.9. The smallest absolute Gasteiger partial charge is 0.119 e. The van der Waals surface area contributed by atoms with E-state index in [-0.39, 0.29) is 23.7 Å². The predicted molar refractivity (Wildman–Crippen MR) is 119 cm³/mol. The van der Waals surface area contributed by atoms with Crippen molar-refractivity contribution in [1.82, 2.24) is 9.55 Å². The summed E-state index contributed by atoms with van der Waals surface area (Å²) in [6.45, 7) is 4.21. The molecule has 4 heteroatoms. The SMILES string of the molecule is COc1cccc(C(c2ccc3c(c2)C=CC2OC(C)(C)C=CC32)n2ccnc2)c1. The zero-order chi connectivity index (χ0) is 20.7. The monoisotopic (exact) mass is 398 g/mol. The van der Waals surface area contributed by atoms with E-state index in [1.54, 1.807) is 7.11 Å². The first-order valence-electron chi connectivity index (χ1n) is 10.3. The Morgan fingerprint density at radius 2 is 1.97 bits per heavy atom. The molecule has 2 heterocycles. The van der Waals surface area contributed by atoms with Crippen molar-refractivity contribution < 1.29 is 9.47 Å². The van der Waals surface area contributed by atoms with Gasteiger partial charge in [0.15, 0.2) is 0 Å². The summed E-state index contributed by atoms with van der Waals surface area (Å²) in [6, 6.07) is 15.0. The summed E-state index contributed by atoms with van der Waals surface area (Å²) in [5, 5.41) is 0. The molecule has 0 bridgehead atoms. The molecule has 0 radical (unpaired) electrons. The molecule has 1 aliphatic heterocycles. The molecule has 152 valence electrons. The fraction of sp³-hybridized carbons (Fsp3) is 0.269. The molecule has 1 aromatic heterocycles. The van der Waals surface area contributed by atoms with Gasteiger partial charge in [-0.05, 0) is 54.3 Å². The highest BCUT2D eigenvalue weighted by Gasteiger charge is 2.33. The molecule has 1 aliphatic carbocycles. The number of fused-ring (bicyclic) bond motifs is 3. The Hall–Kier alpha value is -3.11. The number of methoxy groups -OCH3 is 1. The van der Waals surface area contributed by atoms with Crippen LogP contribution in [-0.4, -0.2) is 28.4 Å². The average Bonchev–Trinajstić information content (AvgIpc) is 3.27. The first-order chi connectivity index (χ1) is 14.5. The Morgan fingerprint density at radius 3 is 2.77 bits per heavy atom. The lowest BCUT2D eigenvalue weighted by Gasteiger charge is -2.38. The summed E-state index contributed by atoms with van der Waals surface area (Å²) >= 11 is 0. The third-order valence-corrected chi connectivity index (χ3v) is 5.98. The second-order valence-electron chi connectivity index (χ2n) is 8.51. The van der Waals surface area contributed by atoms with E-state index in [4.69, 9.17) is 9.47 Å². The van der Waals surface area contributed by atoms with Gasteiger partial charge in [-0.2, -0.15) is 0 Å². The third kappa shape index (κ3) is 3.37. The number of imidazole rings is 1. The van der Waals surface area contributed by atoms with Gasteiger partial charge >= 0.3 is 0 Å². The summed E-state index contributed by atoms with van der Waals surface area (Å²) in [7, 11) is 1.70. The zero-order valence-corrected chi connectivity index (χ0v) is 17.5. The lowest BCUT2D eigenvalue weighted by molar-refractivity contribution is -0.0336. The minimum atomic E-state index is -0.220. The van der Waals surface area contributed by atoms with Crippen LogP contribution in [0.4, 0.5) is 0 Å². The largest absolute Gasteiger partial charge is 0.497 e. The van der Waals surface area contributed by atoms with Crippen LogP contribution in [0.3, 0.4) is 0 Å². The summed E-state index contributed by atoms with van der Waals surface area (Å²) in [6.07, 6.45) is 14.7. The van der Waals surface area contributed by atoms with Gasteiger partial charge in [0.2, 0.25) is 0 Å². The Balaban J connectivity index is 1.57. The molecule has 0 spiro atoms. The third-order valence-electron chi connectivity index (χ3n) is 5.98. The Kier molecular flexibility index (Phi) is 4.59. The zero-order valence-electron chi connectivity index (χ0n) is 17.5. The van der Waals surface area contributed by atoms with Crippen molar-refractivity contribution in [3.8, 4) is 5.75 Å². The lowest BCUT2D eigenvalue weighted by atomic mass is 9.80. The van der Waals surface area contributed by atoms with Crippen LogP contribution in [0.2, 0.25) is 0 Å². The molecule has 4 nitrogen and oxygen atoms in total. The van der Waals surface area contributed by atoms with E-state index in [0.29, 0.717) is 0 Å². The van der Waals surface area contributed by atoms with Crippen LogP contribution in [0.15, 0.2) is 79.4 Å². The standard InChI is InChI=1S/C26H26N2O2/c1-26(2)12-11-23-22-9-7-20(15-18(22)8-10-24(23)30-26)25(28-14-13-27-17-28)19-5-4-6-21(16-19)29-3/h4-17,23-25H,1-3H3. The number of rotatable bonds is 4. The molecule has 3 unspecified atom stereocenters. The van der Waals surface area contributed by atoms with Crippen molar-refractivity contribution >= 4 is 6.08 Å². The minimum absolute atomic E-state index is 0.0242. The summed E-state index contributed by atoms with van der Waals surface area (Å²) in [4.78, 5) is 4.28. The topological polar surface area (TPSA) is 36.3 Å². The number of benzene rings is 2. The molecular formula is C26H26N2O2. The fourth-order valence-corrected chi connectivity index (χ4v) is 4.53. The minimum Gasteiger partial charge on any atom is -0.497 e. The van der Waals surface area contributed by atoms with Gasteiger partial charge in [-0.3, -0.25) is 0 Å². The Morgan fingerprint density at radius 1 is 1.10 bits per heavy atom. The number of aromatic nitrogens is 2. The second-order valence-corrected chi connectivity index (χ2v) is 8.51. The lowest BCUT2D eigenvalue weighted by Crippen LogP contribution is -2.36. The maximum Gasteiger partial charge on any atom is 0.119 e. The molecule has 2 aliphatic rings. The average molecular weight is 399 g/mol. The molecular weight excluding hydrogens is 372 g/mol. The van der Waals surface area contributed by atoms with Crippen LogP contribution in [0.1, 0.15) is 48.1 Å². The fourth-order valence-electron chi connectivity index (χ4n) is 4.53. The highest BCUT2D eigenvalue weighted by molar-refractivity contribution is 5.62. The van der Waals surface area contributed by atoms with E-state index < -0.39 is 0 Å². The van der Waals surface area contributed by atoms with Gasteiger partial charge in [-0.25, -0.2) is 4.98 Å². The maximum absolute atomic E-state index is 6.27. The van der Waals surface area contributed by atoms with Gasteiger partial charge < -0.3 is 14.0 Å². The van der Waals surface area contributed by atoms with Crippen LogP contribution in [-0.2, 0) is 4.74 Å². The Labute approximate surface area is 177 Å². The highest BCUT2D eigenvalue weighted by Crippen LogP contribution is 2.40. The van der Waals surface area contributed by atoms with Gasteiger partial charge in [0.05, 0.1) is 31.2 Å². The van der Waals surface area contributed by atoms with E-state index >= 15 is 0 Å². The molecule has 2 aromatic carbocycles. The predicted octanol–water partition coefficient (Wildman–Crippen LogP) is 5.37. The van der Waals surface area contributed by atoms with Crippen LogP contribution >= 0.6 is 0 Å². The van der Waals surface area contributed by atoms with Crippen LogP contribution in [0.5, 0.6) is 5.75 Å². The van der Waals surface area contributed by atoms with Crippen molar-refractivity contribution in [2.45, 2.75) is 37.5 Å². The van der Waals surface area contributed by atoms with E-state index in [9.17, 15) is 0 Å². The molecule has 3 atom stereocenters. The van der Waals surface area contributed by atoms with Gasteiger partial charge in [-0.1, -0.05) is 48.6 Å². The van der Waals surface area contributed by atoms with Crippen LogP contribution in [0.25, 0.3) is 6.08 Å². The van der Waals surface area contributed by atoms with Crippen molar-refractivity contribution in [2.75, 3.05) is 7.11 Å². The quantitative estimate of drug-likeness (QED) is 0.554. The van der Waals surface area contributed by atoms with Gasteiger partial charge in [-0.15, -0.1) is 0 Å². The first-order valence-corrected chi connectivity index (χ1v) is 10.3. The molecule has 0 saturated heterocycles. The maximum atomic E-state index is 6.27. The van der Waals surface area contributed by atoms with Crippen molar-refractivity contribution in [3.05, 3.63) is 102 Å². The van der Waals surface area contributed by atoms with E-state index in [0.717, 1.165) is 11.3 Å². The Bertz CT molecular complexity index is 1110. The molecule has 0 saturated carbocycles. The van der Waals surface area contributed by atoms with Crippen molar-refractivity contribution in [3.63, 3.8) is 0 Å². The first kappa shape index (κ1) is 18.9. The van der Waals surface area contributed by atoms with Crippen LogP contribution < -0.4 is 4.74 Å². The molecule has 0 fully saturated rings. The second kappa shape index (κ2) is 7.29.